The molecule has 170 valence electrons. The van der Waals surface area contributed by atoms with Crippen LogP contribution in [-0.2, 0) is 14.8 Å². The third-order valence-corrected chi connectivity index (χ3v) is 6.94. The van der Waals surface area contributed by atoms with Crippen LogP contribution in [-0.4, -0.2) is 38.8 Å². The Labute approximate surface area is 194 Å². The molecule has 0 radical (unpaired) electrons. The molecule has 1 unspecified atom stereocenters. The summed E-state index contributed by atoms with van der Waals surface area (Å²) in [5.41, 5.74) is 3.67. The van der Waals surface area contributed by atoms with Gasteiger partial charge in [0, 0.05) is 19.8 Å². The fourth-order valence-corrected chi connectivity index (χ4v) is 3.99. The van der Waals surface area contributed by atoms with Crippen LogP contribution in [0.4, 0.5) is 5.69 Å². The number of amides is 1. The molecule has 3 aromatic carbocycles. The second-order valence-electron chi connectivity index (χ2n) is 7.73. The predicted molar refractivity (Wildman–Crippen MR) is 127 cm³/mol. The molecule has 7 nitrogen and oxygen atoms in total. The Hall–Kier alpha value is -3.67. The monoisotopic (exact) mass is 463 g/mol. The highest BCUT2D eigenvalue weighted by Gasteiger charge is 2.20. The maximum atomic E-state index is 12.7. The molecular weight excluding hydrogens is 438 g/mol. The molecule has 0 bridgehead atoms. The maximum absolute atomic E-state index is 12.7. The first-order valence-electron chi connectivity index (χ1n) is 10.2. The van der Waals surface area contributed by atoms with Crippen LogP contribution in [0.3, 0.4) is 0 Å². The summed E-state index contributed by atoms with van der Waals surface area (Å²) in [7, 11) is -0.708. The Morgan fingerprint density at radius 2 is 1.58 bits per heavy atom. The topological polar surface area (TPSA) is 99.5 Å². The number of nitriles is 1. The Kier molecular flexibility index (Phi) is 7.16. The minimum atomic E-state index is -3.62. The summed E-state index contributed by atoms with van der Waals surface area (Å²) < 4.78 is 31.7. The van der Waals surface area contributed by atoms with Crippen molar-refractivity contribution in [3.05, 3.63) is 77.9 Å². The van der Waals surface area contributed by atoms with E-state index in [1.54, 1.807) is 44.2 Å². The van der Waals surface area contributed by atoms with Crippen molar-refractivity contribution in [3.63, 3.8) is 0 Å². The van der Waals surface area contributed by atoms with E-state index in [2.05, 4.69) is 11.4 Å². The summed E-state index contributed by atoms with van der Waals surface area (Å²) in [5.74, 6) is 0.129. The highest BCUT2D eigenvalue weighted by Crippen LogP contribution is 2.25. The molecule has 0 fully saturated rings. The highest BCUT2D eigenvalue weighted by atomic mass is 32.2. The Morgan fingerprint density at radius 1 is 1.00 bits per heavy atom. The van der Waals surface area contributed by atoms with Crippen LogP contribution in [0.25, 0.3) is 11.1 Å². The molecule has 0 saturated carbocycles. The third-order valence-electron chi connectivity index (χ3n) is 5.13. The molecule has 3 aromatic rings. The number of nitrogens with zero attached hydrogens (tertiary/aromatic N) is 2. The summed E-state index contributed by atoms with van der Waals surface area (Å²) in [6.45, 7) is 3.41. The van der Waals surface area contributed by atoms with Gasteiger partial charge in [0.2, 0.25) is 10.0 Å². The van der Waals surface area contributed by atoms with Crippen LogP contribution in [0.1, 0.15) is 18.1 Å². The van der Waals surface area contributed by atoms with Crippen LogP contribution in [0.5, 0.6) is 5.75 Å². The van der Waals surface area contributed by atoms with Gasteiger partial charge in [-0.3, -0.25) is 4.79 Å². The quantitative estimate of drug-likeness (QED) is 0.566. The molecule has 1 amide bonds. The molecule has 0 aromatic heterocycles. The van der Waals surface area contributed by atoms with E-state index in [4.69, 9.17) is 10.00 Å². The molecule has 1 N–H and O–H groups in total. The minimum Gasteiger partial charge on any atom is -0.481 e. The number of aryl methyl sites for hydroxylation is 1. The third kappa shape index (κ3) is 5.58. The number of nitrogens with one attached hydrogen (secondary N) is 1. The van der Waals surface area contributed by atoms with E-state index in [9.17, 15) is 13.2 Å². The van der Waals surface area contributed by atoms with E-state index in [1.807, 2.05) is 24.3 Å². The first-order chi connectivity index (χ1) is 15.6. The van der Waals surface area contributed by atoms with Gasteiger partial charge < -0.3 is 10.1 Å². The standard InChI is InChI=1S/C25H25N3O4S/c1-17-5-14-23(33(30,31)28(3)4)15-24(17)27-25(29)18(2)32-22-12-10-21(11-13-22)20-8-6-19(16-26)7-9-20/h5-15,18H,1-4H3,(H,27,29). The Balaban J connectivity index is 1.69. The zero-order chi connectivity index (χ0) is 24.2. The first-order valence-corrected chi connectivity index (χ1v) is 11.7. The number of hydrogen-bond acceptors (Lipinski definition) is 5. The van der Waals surface area contributed by atoms with Crippen molar-refractivity contribution >= 4 is 21.6 Å². The number of anilines is 1. The van der Waals surface area contributed by atoms with E-state index >= 15 is 0 Å². The Morgan fingerprint density at radius 3 is 2.12 bits per heavy atom. The number of hydrogen-bond donors (Lipinski definition) is 1. The summed E-state index contributed by atoms with van der Waals surface area (Å²) in [4.78, 5) is 12.8. The van der Waals surface area contributed by atoms with Gasteiger partial charge in [-0.2, -0.15) is 5.26 Å². The van der Waals surface area contributed by atoms with Crippen LogP contribution < -0.4 is 10.1 Å². The first kappa shape index (κ1) is 24.0. The summed E-state index contributed by atoms with van der Waals surface area (Å²) in [5, 5.41) is 11.7. The lowest BCUT2D eigenvalue weighted by molar-refractivity contribution is -0.122. The van der Waals surface area contributed by atoms with Gasteiger partial charge in [-0.05, 0) is 66.9 Å². The number of carbonyl (C=O) groups excluding carboxylic acids is 1. The van der Waals surface area contributed by atoms with E-state index < -0.39 is 22.0 Å². The lowest BCUT2D eigenvalue weighted by Gasteiger charge is -2.17. The average molecular weight is 464 g/mol. The van der Waals surface area contributed by atoms with Crippen molar-refractivity contribution in [3.8, 4) is 22.9 Å². The van der Waals surface area contributed by atoms with Crippen molar-refractivity contribution in [2.24, 2.45) is 0 Å². The zero-order valence-electron chi connectivity index (χ0n) is 18.9. The number of benzene rings is 3. The number of ether oxygens (including phenoxy) is 1. The summed E-state index contributed by atoms with van der Waals surface area (Å²) in [6, 6.07) is 21.3. The van der Waals surface area contributed by atoms with Crippen LogP contribution in [0.2, 0.25) is 0 Å². The zero-order valence-corrected chi connectivity index (χ0v) is 19.7. The van der Waals surface area contributed by atoms with E-state index in [0.29, 0.717) is 17.0 Å². The SMILES string of the molecule is Cc1ccc(S(=O)(=O)N(C)C)cc1NC(=O)C(C)Oc1ccc(-c2ccc(C#N)cc2)cc1. The van der Waals surface area contributed by atoms with E-state index in [0.717, 1.165) is 21.0 Å². The smallest absolute Gasteiger partial charge is 0.265 e. The van der Waals surface area contributed by atoms with Crippen molar-refractivity contribution in [2.75, 3.05) is 19.4 Å². The van der Waals surface area contributed by atoms with Crippen molar-refractivity contribution in [2.45, 2.75) is 24.8 Å². The lowest BCUT2D eigenvalue weighted by Crippen LogP contribution is -2.30. The van der Waals surface area contributed by atoms with Gasteiger partial charge in [-0.1, -0.05) is 30.3 Å². The second-order valence-corrected chi connectivity index (χ2v) is 9.88. The number of sulfonamides is 1. The van der Waals surface area contributed by atoms with E-state index in [1.165, 1.54) is 26.2 Å². The molecule has 0 spiro atoms. The van der Waals surface area contributed by atoms with Crippen molar-refractivity contribution < 1.29 is 17.9 Å². The minimum absolute atomic E-state index is 0.0976. The molecule has 3 rings (SSSR count). The molecule has 8 heteroatoms. The van der Waals surface area contributed by atoms with Gasteiger partial charge in [0.1, 0.15) is 5.75 Å². The van der Waals surface area contributed by atoms with Crippen LogP contribution >= 0.6 is 0 Å². The number of carbonyl (C=O) groups is 1. The van der Waals surface area contributed by atoms with Gasteiger partial charge >= 0.3 is 0 Å². The van der Waals surface area contributed by atoms with Crippen molar-refractivity contribution in [1.29, 1.82) is 5.26 Å². The van der Waals surface area contributed by atoms with Crippen LogP contribution in [0, 0.1) is 18.3 Å². The molecule has 1 atom stereocenters. The number of rotatable bonds is 7. The summed E-state index contributed by atoms with van der Waals surface area (Å²) in [6.07, 6.45) is -0.806. The van der Waals surface area contributed by atoms with Gasteiger partial charge in [0.15, 0.2) is 6.10 Å². The second kappa shape index (κ2) is 9.86. The molecule has 0 aliphatic heterocycles. The maximum Gasteiger partial charge on any atom is 0.265 e. The van der Waals surface area contributed by atoms with Crippen molar-refractivity contribution in [1.82, 2.24) is 4.31 Å². The van der Waals surface area contributed by atoms with Crippen LogP contribution in [0.15, 0.2) is 71.6 Å². The predicted octanol–water partition coefficient (Wildman–Crippen LogP) is 4.19. The molecule has 0 heterocycles. The van der Waals surface area contributed by atoms with E-state index in [-0.39, 0.29) is 4.90 Å². The fraction of sp³-hybridized carbons (Fsp3) is 0.200. The normalized spacial score (nSPS) is 12.1. The highest BCUT2D eigenvalue weighted by molar-refractivity contribution is 7.89. The van der Waals surface area contributed by atoms with Gasteiger partial charge in [0.25, 0.3) is 5.91 Å². The van der Waals surface area contributed by atoms with Gasteiger partial charge in [-0.15, -0.1) is 0 Å². The molecule has 0 aliphatic rings. The average Bonchev–Trinajstić information content (AvgIpc) is 2.80. The molecule has 0 aliphatic carbocycles. The fourth-order valence-electron chi connectivity index (χ4n) is 3.06. The molecular formula is C25H25N3O4S. The molecule has 33 heavy (non-hydrogen) atoms. The summed E-state index contributed by atoms with van der Waals surface area (Å²) >= 11 is 0. The van der Waals surface area contributed by atoms with Gasteiger partial charge in [0.05, 0.1) is 16.5 Å². The molecule has 0 saturated heterocycles. The lowest BCUT2D eigenvalue weighted by atomic mass is 10.0. The Bertz CT molecular complexity index is 1290. The largest absolute Gasteiger partial charge is 0.481 e. The van der Waals surface area contributed by atoms with Gasteiger partial charge in [-0.25, -0.2) is 12.7 Å².